The lowest BCUT2D eigenvalue weighted by Gasteiger charge is -2.17. The van der Waals surface area contributed by atoms with Gasteiger partial charge in [0.1, 0.15) is 5.60 Å². The summed E-state index contributed by atoms with van der Waals surface area (Å²) in [7, 11) is 0. The predicted molar refractivity (Wildman–Crippen MR) is 102 cm³/mol. The first-order valence-corrected chi connectivity index (χ1v) is 9.11. The van der Waals surface area contributed by atoms with Crippen LogP contribution in [-0.4, -0.2) is 26.8 Å². The standard InChI is InChI=1S/C20H18ClN3O4/c1-20(2)9-12-6-7-14(16(25)17(12)27-20)19(26)22-10-15-23-18(24-28-15)11-4-3-5-13(21)8-11/h3-8,25H,9-10H2,1-2H3,(H,22,26). The number of benzene rings is 2. The number of hydrogen-bond donors (Lipinski definition) is 2. The second-order valence-corrected chi connectivity index (χ2v) is 7.63. The number of nitrogens with one attached hydrogen (secondary N) is 1. The van der Waals surface area contributed by atoms with Crippen LogP contribution < -0.4 is 10.1 Å². The van der Waals surface area contributed by atoms with Crippen molar-refractivity contribution in [1.82, 2.24) is 15.5 Å². The van der Waals surface area contributed by atoms with Crippen molar-refractivity contribution in [1.29, 1.82) is 0 Å². The van der Waals surface area contributed by atoms with E-state index < -0.39 is 11.5 Å². The highest BCUT2D eigenvalue weighted by Crippen LogP contribution is 2.43. The number of carbonyl (C=O) groups is 1. The number of fused-ring (bicyclic) bond motifs is 1. The SMILES string of the molecule is CC1(C)Cc2ccc(C(=O)NCc3nc(-c4cccc(Cl)c4)no3)c(O)c2O1. The van der Waals surface area contributed by atoms with E-state index in [9.17, 15) is 9.90 Å². The summed E-state index contributed by atoms with van der Waals surface area (Å²) in [6.07, 6.45) is 0.673. The van der Waals surface area contributed by atoms with Crippen LogP contribution in [0.4, 0.5) is 0 Å². The molecule has 0 spiro atoms. The van der Waals surface area contributed by atoms with Crippen LogP contribution >= 0.6 is 11.6 Å². The lowest BCUT2D eigenvalue weighted by molar-refractivity contribution is 0.0940. The number of aromatic hydroxyl groups is 1. The molecule has 144 valence electrons. The number of hydrogen-bond acceptors (Lipinski definition) is 6. The molecule has 0 bridgehead atoms. The molecule has 28 heavy (non-hydrogen) atoms. The molecule has 0 fully saturated rings. The first-order chi connectivity index (χ1) is 13.3. The summed E-state index contributed by atoms with van der Waals surface area (Å²) in [6.45, 7) is 3.88. The minimum absolute atomic E-state index is 0.0231. The van der Waals surface area contributed by atoms with Crippen LogP contribution in [0.5, 0.6) is 11.5 Å². The molecule has 0 saturated carbocycles. The van der Waals surface area contributed by atoms with Crippen molar-refractivity contribution < 1.29 is 19.2 Å². The number of halogens is 1. The highest BCUT2D eigenvalue weighted by Gasteiger charge is 2.33. The van der Waals surface area contributed by atoms with E-state index in [4.69, 9.17) is 20.9 Å². The molecule has 1 aliphatic rings. The molecule has 0 aliphatic carbocycles. The van der Waals surface area contributed by atoms with E-state index in [1.807, 2.05) is 19.9 Å². The Hall–Kier alpha value is -3.06. The zero-order valence-corrected chi connectivity index (χ0v) is 16.1. The number of nitrogens with zero attached hydrogens (tertiary/aromatic N) is 2. The molecule has 2 heterocycles. The smallest absolute Gasteiger partial charge is 0.255 e. The van der Waals surface area contributed by atoms with Gasteiger partial charge in [-0.15, -0.1) is 0 Å². The third-order valence-corrected chi connectivity index (χ3v) is 4.64. The summed E-state index contributed by atoms with van der Waals surface area (Å²) >= 11 is 5.97. The van der Waals surface area contributed by atoms with Gasteiger partial charge in [0, 0.05) is 22.6 Å². The summed E-state index contributed by atoms with van der Waals surface area (Å²) in [6, 6.07) is 10.4. The first-order valence-electron chi connectivity index (χ1n) is 8.73. The Morgan fingerprint density at radius 2 is 2.14 bits per heavy atom. The van der Waals surface area contributed by atoms with Crippen LogP contribution in [-0.2, 0) is 13.0 Å². The van der Waals surface area contributed by atoms with Crippen molar-refractivity contribution in [2.24, 2.45) is 0 Å². The lowest BCUT2D eigenvalue weighted by Crippen LogP contribution is -2.25. The molecule has 2 aromatic carbocycles. The average Bonchev–Trinajstić information content (AvgIpc) is 3.24. The number of phenols is 1. The Bertz CT molecular complexity index is 1060. The molecule has 4 rings (SSSR count). The monoisotopic (exact) mass is 399 g/mol. The maximum absolute atomic E-state index is 12.5. The fraction of sp³-hybridized carbons (Fsp3) is 0.250. The molecule has 0 saturated heterocycles. The Morgan fingerprint density at radius 3 is 2.93 bits per heavy atom. The summed E-state index contributed by atoms with van der Waals surface area (Å²) in [4.78, 5) is 16.7. The molecule has 0 atom stereocenters. The second-order valence-electron chi connectivity index (χ2n) is 7.19. The van der Waals surface area contributed by atoms with E-state index in [0.29, 0.717) is 28.6 Å². The normalized spacial score (nSPS) is 14.4. The van der Waals surface area contributed by atoms with E-state index in [0.717, 1.165) is 5.56 Å². The number of aromatic nitrogens is 2. The summed E-state index contributed by atoms with van der Waals surface area (Å²) in [5.74, 6) is 0.352. The van der Waals surface area contributed by atoms with E-state index in [1.54, 1.807) is 30.3 Å². The van der Waals surface area contributed by atoms with Crippen LogP contribution in [0, 0.1) is 0 Å². The quantitative estimate of drug-likeness (QED) is 0.693. The molecule has 1 aliphatic heterocycles. The molecular weight excluding hydrogens is 382 g/mol. The van der Waals surface area contributed by atoms with Crippen molar-refractivity contribution in [3.8, 4) is 22.9 Å². The number of amides is 1. The van der Waals surface area contributed by atoms with Gasteiger partial charge in [-0.25, -0.2) is 0 Å². The maximum atomic E-state index is 12.5. The van der Waals surface area contributed by atoms with E-state index in [-0.39, 0.29) is 23.7 Å². The van der Waals surface area contributed by atoms with Gasteiger partial charge in [-0.1, -0.05) is 35.0 Å². The average molecular weight is 400 g/mol. The van der Waals surface area contributed by atoms with Crippen molar-refractivity contribution in [2.45, 2.75) is 32.4 Å². The Kier molecular flexibility index (Phi) is 4.47. The number of carbonyl (C=O) groups excluding carboxylic acids is 1. The number of rotatable bonds is 4. The maximum Gasteiger partial charge on any atom is 0.255 e. The first kappa shape index (κ1) is 18.3. The zero-order chi connectivity index (χ0) is 19.9. The van der Waals surface area contributed by atoms with Crippen molar-refractivity contribution >= 4 is 17.5 Å². The number of ether oxygens (including phenoxy) is 1. The van der Waals surface area contributed by atoms with Gasteiger partial charge < -0.3 is 19.7 Å². The van der Waals surface area contributed by atoms with Crippen LogP contribution in [0.15, 0.2) is 40.9 Å². The van der Waals surface area contributed by atoms with Crippen molar-refractivity contribution in [3.63, 3.8) is 0 Å². The molecular formula is C20H18ClN3O4. The molecule has 2 N–H and O–H groups in total. The van der Waals surface area contributed by atoms with E-state index >= 15 is 0 Å². The molecule has 1 amide bonds. The fourth-order valence-corrected chi connectivity index (χ4v) is 3.33. The van der Waals surface area contributed by atoms with Gasteiger partial charge in [0.05, 0.1) is 12.1 Å². The molecule has 8 heteroatoms. The molecule has 0 unspecified atom stereocenters. The van der Waals surface area contributed by atoms with E-state index in [2.05, 4.69) is 15.5 Å². The third kappa shape index (κ3) is 3.53. The van der Waals surface area contributed by atoms with Gasteiger partial charge in [0.25, 0.3) is 5.91 Å². The second kappa shape index (κ2) is 6.83. The van der Waals surface area contributed by atoms with Crippen LogP contribution in [0.2, 0.25) is 5.02 Å². The van der Waals surface area contributed by atoms with Gasteiger partial charge in [-0.05, 0) is 32.0 Å². The molecule has 0 radical (unpaired) electrons. The van der Waals surface area contributed by atoms with Gasteiger partial charge in [0.15, 0.2) is 11.5 Å². The molecule has 7 nitrogen and oxygen atoms in total. The van der Waals surface area contributed by atoms with Gasteiger partial charge in [-0.2, -0.15) is 4.98 Å². The van der Waals surface area contributed by atoms with Crippen LogP contribution in [0.25, 0.3) is 11.4 Å². The summed E-state index contributed by atoms with van der Waals surface area (Å²) in [5.41, 5.74) is 1.31. The minimum atomic E-state index is -0.462. The lowest BCUT2D eigenvalue weighted by atomic mass is 10.0. The van der Waals surface area contributed by atoms with Gasteiger partial charge >= 0.3 is 0 Å². The summed E-state index contributed by atoms with van der Waals surface area (Å²) in [5, 5.41) is 17.6. The van der Waals surface area contributed by atoms with E-state index in [1.165, 1.54) is 0 Å². The topological polar surface area (TPSA) is 97.5 Å². The largest absolute Gasteiger partial charge is 0.504 e. The Labute approximate surface area is 166 Å². The zero-order valence-electron chi connectivity index (χ0n) is 15.3. The highest BCUT2D eigenvalue weighted by molar-refractivity contribution is 6.30. The van der Waals surface area contributed by atoms with Crippen LogP contribution in [0.3, 0.4) is 0 Å². The predicted octanol–water partition coefficient (Wildman–Crippen LogP) is 3.74. The molecule has 1 aromatic heterocycles. The minimum Gasteiger partial charge on any atom is -0.504 e. The number of phenolic OH excluding ortho intramolecular Hbond substituents is 1. The highest BCUT2D eigenvalue weighted by atomic mass is 35.5. The Morgan fingerprint density at radius 1 is 1.32 bits per heavy atom. The third-order valence-electron chi connectivity index (χ3n) is 4.40. The fourth-order valence-electron chi connectivity index (χ4n) is 3.14. The van der Waals surface area contributed by atoms with Gasteiger partial charge in [0.2, 0.25) is 11.7 Å². The van der Waals surface area contributed by atoms with Crippen molar-refractivity contribution in [3.05, 3.63) is 58.4 Å². The summed E-state index contributed by atoms with van der Waals surface area (Å²) < 4.78 is 10.9. The Balaban J connectivity index is 1.46. The molecule has 3 aromatic rings. The van der Waals surface area contributed by atoms with Crippen molar-refractivity contribution in [2.75, 3.05) is 0 Å². The van der Waals surface area contributed by atoms with Crippen LogP contribution in [0.1, 0.15) is 35.7 Å². The van der Waals surface area contributed by atoms with Gasteiger partial charge in [-0.3, -0.25) is 4.79 Å².